The topological polar surface area (TPSA) is 145 Å². The molecule has 1 rings (SSSR count). The van der Waals surface area contributed by atoms with Gasteiger partial charge in [0, 0.05) is 6.07 Å². The Kier molecular flexibility index (Phi) is 3.83. The van der Waals surface area contributed by atoms with E-state index in [0.29, 0.717) is 6.07 Å². The predicted octanol–water partition coefficient (Wildman–Crippen LogP) is -0.587. The van der Waals surface area contributed by atoms with Crippen molar-refractivity contribution in [3.63, 3.8) is 0 Å². The molecule has 0 amide bonds. The average Bonchev–Trinajstić information content (AvgIpc) is 2.06. The van der Waals surface area contributed by atoms with E-state index in [-0.39, 0.29) is 11.2 Å². The Bertz CT molecular complexity index is 456. The number of aromatic carboxylic acids is 1. The van der Waals surface area contributed by atoms with Gasteiger partial charge in [-0.25, -0.2) is 4.79 Å². The third-order valence-electron chi connectivity index (χ3n) is 1.72. The number of hydrogen-bond donors (Lipinski definition) is 3. The molecular weight excluding hydrogens is 218 g/mol. The van der Waals surface area contributed by atoms with Gasteiger partial charge in [0.05, 0.1) is 5.54 Å². The quantitative estimate of drug-likeness (QED) is 0.620. The minimum atomic E-state index is -1.39. The maximum Gasteiger partial charge on any atom is 0.371 e. The predicted molar refractivity (Wildman–Crippen MR) is 54.4 cm³/mol. The van der Waals surface area contributed by atoms with Crippen molar-refractivity contribution in [2.45, 2.75) is 19.4 Å². The second-order valence-electron chi connectivity index (χ2n) is 3.68. The molecule has 7 nitrogen and oxygen atoms in total. The van der Waals surface area contributed by atoms with Crippen molar-refractivity contribution in [3.05, 3.63) is 27.8 Å². The largest absolute Gasteiger partial charge is 0.502 e. The standard InChI is InChI=1S/C9H11NO5.H2O/c1-9(2,10)7-6(12)4(11)3-5(15-7)8(13)14;/h3,12H,10H2,1-2H3,(H,13,14);1H2. The van der Waals surface area contributed by atoms with Crippen LogP contribution in [-0.2, 0) is 5.54 Å². The van der Waals surface area contributed by atoms with Crippen LogP contribution in [0.1, 0.15) is 30.2 Å². The highest BCUT2D eigenvalue weighted by molar-refractivity contribution is 5.84. The van der Waals surface area contributed by atoms with Crippen LogP contribution in [0.4, 0.5) is 0 Å². The lowest BCUT2D eigenvalue weighted by Gasteiger charge is -2.18. The van der Waals surface area contributed by atoms with Gasteiger partial charge in [0.1, 0.15) is 0 Å². The van der Waals surface area contributed by atoms with E-state index in [1.54, 1.807) is 0 Å². The maximum absolute atomic E-state index is 11.2. The average molecular weight is 231 g/mol. The van der Waals surface area contributed by atoms with Gasteiger partial charge >= 0.3 is 5.97 Å². The van der Waals surface area contributed by atoms with Gasteiger partial charge in [-0.05, 0) is 13.8 Å². The van der Waals surface area contributed by atoms with Crippen LogP contribution < -0.4 is 11.2 Å². The fourth-order valence-corrected chi connectivity index (χ4v) is 1.03. The number of rotatable bonds is 2. The van der Waals surface area contributed by atoms with Crippen LogP contribution in [0.15, 0.2) is 15.3 Å². The molecule has 1 aromatic heterocycles. The molecule has 16 heavy (non-hydrogen) atoms. The molecule has 0 aliphatic rings. The summed E-state index contributed by atoms with van der Waals surface area (Å²) in [7, 11) is 0. The summed E-state index contributed by atoms with van der Waals surface area (Å²) >= 11 is 0. The van der Waals surface area contributed by atoms with Gasteiger partial charge in [-0.3, -0.25) is 4.79 Å². The first-order valence-electron chi connectivity index (χ1n) is 4.13. The van der Waals surface area contributed by atoms with Crippen molar-refractivity contribution in [3.8, 4) is 5.75 Å². The SMILES string of the molecule is CC(C)(N)c1oc(C(=O)O)cc(=O)c1O.O. The fraction of sp³-hybridized carbons (Fsp3) is 0.333. The molecule has 0 aliphatic carbocycles. The molecular formula is C9H13NO6. The number of carboxylic acid groups (broad SMARTS) is 1. The van der Waals surface area contributed by atoms with E-state index in [1.165, 1.54) is 13.8 Å². The van der Waals surface area contributed by atoms with Crippen molar-refractivity contribution < 1.29 is 24.9 Å². The van der Waals surface area contributed by atoms with Crippen molar-refractivity contribution in [1.82, 2.24) is 0 Å². The Balaban J connectivity index is 0.00000225. The third-order valence-corrected chi connectivity index (χ3v) is 1.72. The lowest BCUT2D eigenvalue weighted by molar-refractivity contribution is 0.0653. The molecule has 7 heteroatoms. The highest BCUT2D eigenvalue weighted by atomic mass is 16.4. The van der Waals surface area contributed by atoms with Crippen LogP contribution in [0.3, 0.4) is 0 Å². The van der Waals surface area contributed by atoms with Gasteiger partial charge in [-0.2, -0.15) is 0 Å². The van der Waals surface area contributed by atoms with E-state index >= 15 is 0 Å². The highest BCUT2D eigenvalue weighted by Crippen LogP contribution is 2.24. The summed E-state index contributed by atoms with van der Waals surface area (Å²) < 4.78 is 4.84. The van der Waals surface area contributed by atoms with E-state index in [2.05, 4.69) is 0 Å². The fourth-order valence-electron chi connectivity index (χ4n) is 1.03. The molecule has 6 N–H and O–H groups in total. The minimum absolute atomic E-state index is 0. The third kappa shape index (κ3) is 2.59. The molecule has 0 spiro atoms. The van der Waals surface area contributed by atoms with Crippen LogP contribution >= 0.6 is 0 Å². The Morgan fingerprint density at radius 2 is 2.00 bits per heavy atom. The zero-order valence-electron chi connectivity index (χ0n) is 8.77. The molecule has 0 bridgehead atoms. The number of nitrogens with two attached hydrogens (primary N) is 1. The normalized spacial score (nSPS) is 10.7. The molecule has 90 valence electrons. The lowest BCUT2D eigenvalue weighted by Crippen LogP contribution is -2.30. The monoisotopic (exact) mass is 231 g/mol. The van der Waals surface area contributed by atoms with Crippen LogP contribution in [0.25, 0.3) is 0 Å². The molecule has 0 aromatic carbocycles. The molecule has 0 saturated heterocycles. The van der Waals surface area contributed by atoms with E-state index in [1.807, 2.05) is 0 Å². The van der Waals surface area contributed by atoms with E-state index in [9.17, 15) is 14.7 Å². The molecule has 0 unspecified atom stereocenters. The lowest BCUT2D eigenvalue weighted by atomic mass is 10.0. The van der Waals surface area contributed by atoms with Gasteiger partial charge in [0.15, 0.2) is 5.76 Å². The molecule has 0 fully saturated rings. The summed E-state index contributed by atoms with van der Waals surface area (Å²) in [6.07, 6.45) is 0. The van der Waals surface area contributed by atoms with Crippen LogP contribution in [0.5, 0.6) is 5.75 Å². The summed E-state index contributed by atoms with van der Waals surface area (Å²) in [5.74, 6) is -2.84. The molecule has 0 radical (unpaired) electrons. The summed E-state index contributed by atoms with van der Waals surface area (Å²) in [4.78, 5) is 21.8. The minimum Gasteiger partial charge on any atom is -0.502 e. The summed E-state index contributed by atoms with van der Waals surface area (Å²) in [5.41, 5.74) is 3.65. The number of aromatic hydroxyl groups is 1. The first-order valence-corrected chi connectivity index (χ1v) is 4.13. The first kappa shape index (κ1) is 14.1. The molecule has 1 aromatic rings. The number of carboxylic acids is 1. The summed E-state index contributed by atoms with van der Waals surface area (Å²) in [6.45, 7) is 2.97. The zero-order chi connectivity index (χ0) is 11.8. The van der Waals surface area contributed by atoms with Crippen molar-refractivity contribution in [1.29, 1.82) is 0 Å². The first-order chi connectivity index (χ1) is 6.73. The smallest absolute Gasteiger partial charge is 0.371 e. The number of carbonyl (C=O) groups is 1. The summed E-state index contributed by atoms with van der Waals surface area (Å²) in [5, 5.41) is 18.0. The molecule has 0 aliphatic heterocycles. The second kappa shape index (κ2) is 4.33. The Morgan fingerprint density at radius 1 is 1.50 bits per heavy atom. The van der Waals surface area contributed by atoms with E-state index < -0.39 is 28.4 Å². The second-order valence-corrected chi connectivity index (χ2v) is 3.68. The van der Waals surface area contributed by atoms with Gasteiger partial charge in [-0.15, -0.1) is 0 Å². The van der Waals surface area contributed by atoms with Crippen molar-refractivity contribution in [2.24, 2.45) is 5.73 Å². The van der Waals surface area contributed by atoms with E-state index in [4.69, 9.17) is 15.3 Å². The van der Waals surface area contributed by atoms with Crippen molar-refractivity contribution in [2.75, 3.05) is 0 Å². The number of hydrogen-bond acceptors (Lipinski definition) is 5. The Morgan fingerprint density at radius 3 is 2.38 bits per heavy atom. The van der Waals surface area contributed by atoms with E-state index in [0.717, 1.165) is 0 Å². The van der Waals surface area contributed by atoms with Gasteiger partial charge in [0.2, 0.25) is 16.9 Å². The molecule has 0 atom stereocenters. The van der Waals surface area contributed by atoms with Crippen molar-refractivity contribution >= 4 is 5.97 Å². The Labute approximate surface area is 90.4 Å². The van der Waals surface area contributed by atoms with Crippen LogP contribution in [0.2, 0.25) is 0 Å². The highest BCUT2D eigenvalue weighted by Gasteiger charge is 2.26. The van der Waals surface area contributed by atoms with Gasteiger partial charge in [-0.1, -0.05) is 0 Å². The van der Waals surface area contributed by atoms with Gasteiger partial charge in [0.25, 0.3) is 0 Å². The van der Waals surface area contributed by atoms with Crippen LogP contribution in [-0.4, -0.2) is 21.7 Å². The zero-order valence-corrected chi connectivity index (χ0v) is 8.77. The molecule has 0 saturated carbocycles. The summed E-state index contributed by atoms with van der Waals surface area (Å²) in [6, 6.07) is 0.701. The maximum atomic E-state index is 11.2. The van der Waals surface area contributed by atoms with Gasteiger partial charge < -0.3 is 25.8 Å². The Hall–Kier alpha value is -1.86. The van der Waals surface area contributed by atoms with Crippen LogP contribution in [0, 0.1) is 0 Å². The molecule has 1 heterocycles.